The Balaban J connectivity index is 1.91. The van der Waals surface area contributed by atoms with Crippen LogP contribution in [0, 0.1) is 0 Å². The van der Waals surface area contributed by atoms with Gasteiger partial charge < -0.3 is 14.4 Å². The summed E-state index contributed by atoms with van der Waals surface area (Å²) >= 11 is 1.76. The molecule has 1 aromatic carbocycles. The second kappa shape index (κ2) is 5.46. The van der Waals surface area contributed by atoms with Crippen molar-refractivity contribution >= 4 is 28.8 Å². The van der Waals surface area contributed by atoms with Gasteiger partial charge in [-0.1, -0.05) is 11.8 Å². The van der Waals surface area contributed by atoms with E-state index in [2.05, 4.69) is 4.98 Å². The van der Waals surface area contributed by atoms with Crippen molar-refractivity contribution in [2.24, 2.45) is 7.05 Å². The highest BCUT2D eigenvalue weighted by Gasteiger charge is 2.19. The number of thioether (sulfide) groups is 1. The standard InChI is InChI=1S/C14H16N2O3S/c1-16-12-3-2-9(13(17)18)8-11(12)15-14(16)20-10-4-6-19-7-5-10/h2-3,8,10H,4-7H2,1H3,(H,17,18). The SMILES string of the molecule is Cn1c(SC2CCOCC2)nc2cc(C(=O)O)ccc21. The second-order valence-corrected chi connectivity index (χ2v) is 6.16. The number of carboxylic acids is 1. The Morgan fingerprint density at radius 1 is 1.45 bits per heavy atom. The number of benzene rings is 1. The van der Waals surface area contributed by atoms with Crippen molar-refractivity contribution in [3.63, 3.8) is 0 Å². The van der Waals surface area contributed by atoms with Gasteiger partial charge in [-0.15, -0.1) is 0 Å². The molecule has 0 amide bonds. The van der Waals surface area contributed by atoms with E-state index < -0.39 is 5.97 Å². The molecule has 5 nitrogen and oxygen atoms in total. The molecule has 0 spiro atoms. The fourth-order valence-electron chi connectivity index (χ4n) is 2.36. The molecule has 0 bridgehead atoms. The molecule has 2 heterocycles. The Morgan fingerprint density at radius 3 is 2.90 bits per heavy atom. The molecule has 106 valence electrons. The average molecular weight is 292 g/mol. The Hall–Kier alpha value is -1.53. The lowest BCUT2D eigenvalue weighted by molar-refractivity contribution is 0.0697. The van der Waals surface area contributed by atoms with Crippen LogP contribution in [0.2, 0.25) is 0 Å². The number of ether oxygens (including phenoxy) is 1. The number of imidazole rings is 1. The molecular weight excluding hydrogens is 276 g/mol. The van der Waals surface area contributed by atoms with Crippen LogP contribution < -0.4 is 0 Å². The number of aromatic nitrogens is 2. The summed E-state index contributed by atoms with van der Waals surface area (Å²) in [7, 11) is 1.97. The van der Waals surface area contributed by atoms with E-state index in [1.807, 2.05) is 17.7 Å². The van der Waals surface area contributed by atoms with E-state index >= 15 is 0 Å². The number of hydrogen-bond acceptors (Lipinski definition) is 4. The van der Waals surface area contributed by atoms with Crippen LogP contribution in [0.3, 0.4) is 0 Å². The van der Waals surface area contributed by atoms with Gasteiger partial charge in [-0.05, 0) is 31.0 Å². The smallest absolute Gasteiger partial charge is 0.335 e. The van der Waals surface area contributed by atoms with Crippen LogP contribution in [0.1, 0.15) is 23.2 Å². The maximum absolute atomic E-state index is 11.0. The van der Waals surface area contributed by atoms with Gasteiger partial charge in [0.25, 0.3) is 0 Å². The lowest BCUT2D eigenvalue weighted by atomic mass is 10.2. The lowest BCUT2D eigenvalue weighted by Gasteiger charge is -2.20. The summed E-state index contributed by atoms with van der Waals surface area (Å²) in [6.07, 6.45) is 2.07. The number of aromatic carboxylic acids is 1. The molecule has 1 aliphatic rings. The van der Waals surface area contributed by atoms with Gasteiger partial charge in [-0.25, -0.2) is 9.78 Å². The Kier molecular flexibility index (Phi) is 3.67. The van der Waals surface area contributed by atoms with Crippen molar-refractivity contribution in [1.29, 1.82) is 0 Å². The van der Waals surface area contributed by atoms with Gasteiger partial charge in [0.2, 0.25) is 0 Å². The number of hydrogen-bond donors (Lipinski definition) is 1. The first-order valence-corrected chi connectivity index (χ1v) is 7.47. The maximum atomic E-state index is 11.0. The number of carbonyl (C=O) groups is 1. The lowest BCUT2D eigenvalue weighted by Crippen LogP contribution is -2.17. The van der Waals surface area contributed by atoms with Crippen molar-refractivity contribution < 1.29 is 14.6 Å². The predicted molar refractivity (Wildman–Crippen MR) is 77.4 cm³/mol. The van der Waals surface area contributed by atoms with Gasteiger partial charge in [0.15, 0.2) is 5.16 Å². The van der Waals surface area contributed by atoms with Crippen LogP contribution in [0.15, 0.2) is 23.4 Å². The average Bonchev–Trinajstić information content (AvgIpc) is 2.76. The molecule has 0 atom stereocenters. The molecule has 6 heteroatoms. The summed E-state index contributed by atoms with van der Waals surface area (Å²) in [4.78, 5) is 15.6. The summed E-state index contributed by atoms with van der Waals surface area (Å²) in [5.41, 5.74) is 1.98. The summed E-state index contributed by atoms with van der Waals surface area (Å²) in [6, 6.07) is 5.07. The first kappa shape index (κ1) is 13.5. The van der Waals surface area contributed by atoms with Crippen molar-refractivity contribution in [2.75, 3.05) is 13.2 Å². The summed E-state index contributed by atoms with van der Waals surface area (Å²) in [5.74, 6) is -0.920. The second-order valence-electron chi connectivity index (χ2n) is 4.89. The predicted octanol–water partition coefficient (Wildman–Crippen LogP) is 2.54. The molecule has 0 aliphatic carbocycles. The van der Waals surface area contributed by atoms with Crippen LogP contribution in [-0.2, 0) is 11.8 Å². The highest BCUT2D eigenvalue weighted by molar-refractivity contribution is 7.99. The number of aryl methyl sites for hydroxylation is 1. The number of rotatable bonds is 3. The van der Waals surface area contributed by atoms with Gasteiger partial charge in [0, 0.05) is 25.5 Å². The highest BCUT2D eigenvalue weighted by atomic mass is 32.2. The van der Waals surface area contributed by atoms with E-state index in [9.17, 15) is 4.79 Å². The zero-order chi connectivity index (χ0) is 14.1. The van der Waals surface area contributed by atoms with Crippen molar-refractivity contribution in [3.8, 4) is 0 Å². The molecule has 1 aromatic heterocycles. The fraction of sp³-hybridized carbons (Fsp3) is 0.429. The van der Waals surface area contributed by atoms with Crippen LogP contribution in [0.4, 0.5) is 0 Å². The van der Waals surface area contributed by atoms with E-state index in [0.717, 1.165) is 42.2 Å². The first-order valence-electron chi connectivity index (χ1n) is 6.59. The molecule has 20 heavy (non-hydrogen) atoms. The van der Waals surface area contributed by atoms with Crippen molar-refractivity contribution in [2.45, 2.75) is 23.2 Å². The zero-order valence-corrected chi connectivity index (χ0v) is 12.0. The quantitative estimate of drug-likeness (QED) is 0.942. The fourth-order valence-corrected chi connectivity index (χ4v) is 3.49. The monoisotopic (exact) mass is 292 g/mol. The molecule has 1 N–H and O–H groups in total. The molecule has 0 saturated carbocycles. The van der Waals surface area contributed by atoms with Crippen molar-refractivity contribution in [1.82, 2.24) is 9.55 Å². The van der Waals surface area contributed by atoms with Gasteiger partial charge in [-0.3, -0.25) is 0 Å². The Bertz CT molecular complexity index is 647. The maximum Gasteiger partial charge on any atom is 0.335 e. The number of carboxylic acid groups (broad SMARTS) is 1. The minimum Gasteiger partial charge on any atom is -0.478 e. The van der Waals surface area contributed by atoms with Crippen LogP contribution in [-0.4, -0.2) is 39.1 Å². The largest absolute Gasteiger partial charge is 0.478 e. The summed E-state index contributed by atoms with van der Waals surface area (Å²) in [6.45, 7) is 1.62. The molecule has 2 aromatic rings. The van der Waals surface area contributed by atoms with Gasteiger partial charge in [-0.2, -0.15) is 0 Å². The summed E-state index contributed by atoms with van der Waals surface area (Å²) in [5, 5.41) is 10.5. The third-order valence-electron chi connectivity index (χ3n) is 3.53. The van der Waals surface area contributed by atoms with E-state index in [1.54, 1.807) is 23.9 Å². The third kappa shape index (κ3) is 2.53. The topological polar surface area (TPSA) is 64.4 Å². The van der Waals surface area contributed by atoms with E-state index in [-0.39, 0.29) is 5.56 Å². The highest BCUT2D eigenvalue weighted by Crippen LogP contribution is 2.31. The molecule has 1 fully saturated rings. The molecule has 1 saturated heterocycles. The van der Waals surface area contributed by atoms with Gasteiger partial charge in [0.1, 0.15) is 0 Å². The molecular formula is C14H16N2O3S. The molecule has 0 radical (unpaired) electrons. The van der Waals surface area contributed by atoms with E-state index in [1.165, 1.54) is 0 Å². The van der Waals surface area contributed by atoms with E-state index in [0.29, 0.717) is 5.25 Å². The summed E-state index contributed by atoms with van der Waals surface area (Å²) < 4.78 is 7.39. The number of fused-ring (bicyclic) bond motifs is 1. The Morgan fingerprint density at radius 2 is 2.20 bits per heavy atom. The van der Waals surface area contributed by atoms with E-state index in [4.69, 9.17) is 9.84 Å². The van der Waals surface area contributed by atoms with Gasteiger partial charge >= 0.3 is 5.97 Å². The zero-order valence-electron chi connectivity index (χ0n) is 11.2. The third-order valence-corrected chi connectivity index (χ3v) is 4.91. The minimum atomic E-state index is -0.920. The minimum absolute atomic E-state index is 0.276. The molecule has 0 unspecified atom stereocenters. The van der Waals surface area contributed by atoms with Crippen LogP contribution >= 0.6 is 11.8 Å². The molecule has 1 aliphatic heterocycles. The van der Waals surface area contributed by atoms with Crippen LogP contribution in [0.25, 0.3) is 11.0 Å². The molecule has 3 rings (SSSR count). The first-order chi connectivity index (χ1) is 9.65. The van der Waals surface area contributed by atoms with Crippen LogP contribution in [0.5, 0.6) is 0 Å². The number of nitrogens with zero attached hydrogens (tertiary/aromatic N) is 2. The Labute approximate surface area is 120 Å². The van der Waals surface area contributed by atoms with Crippen molar-refractivity contribution in [3.05, 3.63) is 23.8 Å². The van der Waals surface area contributed by atoms with Gasteiger partial charge in [0.05, 0.1) is 16.6 Å². The normalized spacial score (nSPS) is 16.6.